The monoisotopic (exact) mass is 365 g/mol. The van der Waals surface area contributed by atoms with Crippen molar-refractivity contribution in [3.05, 3.63) is 30.1 Å². The molecule has 0 radical (unpaired) electrons. The quantitative estimate of drug-likeness (QED) is 0.750. The molecule has 1 N–H and O–H groups in total. The van der Waals surface area contributed by atoms with Crippen LogP contribution < -0.4 is 10.2 Å². The maximum atomic E-state index is 13.0. The minimum atomic E-state index is -0.328. The van der Waals surface area contributed by atoms with E-state index in [1.54, 1.807) is 28.8 Å². The van der Waals surface area contributed by atoms with Gasteiger partial charge in [-0.25, -0.2) is 4.39 Å². The fourth-order valence-electron chi connectivity index (χ4n) is 3.31. The Morgan fingerprint density at radius 2 is 1.96 bits per heavy atom. The van der Waals surface area contributed by atoms with Gasteiger partial charge in [0.25, 0.3) is 0 Å². The topological polar surface area (TPSA) is 52.7 Å². The lowest BCUT2D eigenvalue weighted by atomic mass is 10.2. The Balaban J connectivity index is 1.38. The van der Waals surface area contributed by atoms with Gasteiger partial charge in [-0.15, -0.1) is 0 Å². The Hall–Kier alpha value is -1.60. The van der Waals surface area contributed by atoms with Crippen molar-refractivity contribution < 1.29 is 14.0 Å². The molecule has 0 aliphatic carbocycles. The molecular weight excluding hydrogens is 341 g/mol. The van der Waals surface area contributed by atoms with Crippen molar-refractivity contribution >= 4 is 29.3 Å². The van der Waals surface area contributed by atoms with Crippen LogP contribution in [0.1, 0.15) is 19.3 Å². The lowest BCUT2D eigenvalue weighted by Gasteiger charge is -2.17. The fraction of sp³-hybridized carbons (Fsp3) is 0.556. The van der Waals surface area contributed by atoms with Crippen LogP contribution in [0.3, 0.4) is 0 Å². The molecule has 1 aromatic rings. The first-order valence-electron chi connectivity index (χ1n) is 8.77. The molecule has 0 saturated carbocycles. The summed E-state index contributed by atoms with van der Waals surface area (Å²) in [5.41, 5.74) is 0.670. The van der Waals surface area contributed by atoms with Gasteiger partial charge in [-0.1, -0.05) is 0 Å². The van der Waals surface area contributed by atoms with Crippen molar-refractivity contribution in [1.29, 1.82) is 0 Å². The molecule has 0 spiro atoms. The maximum Gasteiger partial charge on any atom is 0.230 e. The number of rotatable bonds is 7. The largest absolute Gasteiger partial charge is 0.350 e. The molecular formula is C18H24FN3O2S. The second-order valence-corrected chi connectivity index (χ2v) is 7.66. The van der Waals surface area contributed by atoms with Crippen LogP contribution in [0.4, 0.5) is 10.1 Å². The van der Waals surface area contributed by atoms with Crippen LogP contribution in [0.25, 0.3) is 0 Å². The van der Waals surface area contributed by atoms with E-state index in [2.05, 4.69) is 10.2 Å². The molecule has 0 aromatic heterocycles. The molecule has 2 fully saturated rings. The Morgan fingerprint density at radius 1 is 1.24 bits per heavy atom. The molecule has 7 heteroatoms. The predicted molar refractivity (Wildman–Crippen MR) is 98.3 cm³/mol. The molecule has 0 bridgehead atoms. The minimum Gasteiger partial charge on any atom is -0.350 e. The number of nitrogens with zero attached hydrogens (tertiary/aromatic N) is 2. The number of carbonyl (C=O) groups is 2. The van der Waals surface area contributed by atoms with E-state index in [0.717, 1.165) is 12.3 Å². The van der Waals surface area contributed by atoms with Crippen LogP contribution in [-0.2, 0) is 9.59 Å². The summed E-state index contributed by atoms with van der Waals surface area (Å²) in [4.78, 5) is 28.2. The van der Waals surface area contributed by atoms with E-state index < -0.39 is 0 Å². The number of halogens is 1. The Labute approximate surface area is 151 Å². The third kappa shape index (κ3) is 5.19. The van der Waals surface area contributed by atoms with E-state index in [4.69, 9.17) is 0 Å². The highest BCUT2D eigenvalue weighted by atomic mass is 32.2. The first kappa shape index (κ1) is 18.2. The lowest BCUT2D eigenvalue weighted by Crippen LogP contribution is -2.38. The van der Waals surface area contributed by atoms with Crippen molar-refractivity contribution in [2.75, 3.05) is 42.6 Å². The van der Waals surface area contributed by atoms with Gasteiger partial charge in [0.15, 0.2) is 0 Å². The summed E-state index contributed by atoms with van der Waals surface area (Å²) in [5.74, 6) is 0.989. The first-order chi connectivity index (χ1) is 12.1. The molecule has 0 unspecified atom stereocenters. The van der Waals surface area contributed by atoms with E-state index in [1.807, 2.05) is 0 Å². The summed E-state index contributed by atoms with van der Waals surface area (Å²) in [7, 11) is 0. The zero-order valence-corrected chi connectivity index (χ0v) is 15.1. The second kappa shape index (κ2) is 8.67. The number of amides is 2. The number of likely N-dealkylation sites (tertiary alicyclic amines) is 1. The number of hydrogen-bond donors (Lipinski definition) is 1. The number of nitrogens with one attached hydrogen (secondary N) is 1. The SMILES string of the molecule is O=C(CSCCN1CCCC1)N[C@@H]1CC(=O)N(c2ccc(F)cc2)C1. The lowest BCUT2D eigenvalue weighted by molar-refractivity contribution is -0.119. The number of carbonyl (C=O) groups excluding carboxylic acids is 2. The van der Waals surface area contributed by atoms with E-state index in [1.165, 1.54) is 38.1 Å². The summed E-state index contributed by atoms with van der Waals surface area (Å²) in [5, 5.41) is 2.94. The van der Waals surface area contributed by atoms with Crippen LogP contribution in [0.15, 0.2) is 24.3 Å². The van der Waals surface area contributed by atoms with E-state index in [-0.39, 0.29) is 23.7 Å². The normalized spacial score (nSPS) is 21.1. The van der Waals surface area contributed by atoms with E-state index in [9.17, 15) is 14.0 Å². The standard InChI is InChI=1S/C18H24FN3O2S/c19-14-3-5-16(6-4-14)22-12-15(11-18(22)24)20-17(23)13-25-10-9-21-7-1-2-8-21/h3-6,15H,1-2,7-13H2,(H,20,23)/t15-/m1/s1. The molecule has 2 amide bonds. The van der Waals surface area contributed by atoms with Crippen molar-refractivity contribution in [3.63, 3.8) is 0 Å². The predicted octanol–water partition coefficient (Wildman–Crippen LogP) is 1.88. The van der Waals surface area contributed by atoms with Gasteiger partial charge in [-0.05, 0) is 50.2 Å². The molecule has 2 aliphatic heterocycles. The Morgan fingerprint density at radius 3 is 2.68 bits per heavy atom. The van der Waals surface area contributed by atoms with Gasteiger partial charge in [0.1, 0.15) is 5.82 Å². The van der Waals surface area contributed by atoms with Gasteiger partial charge in [-0.2, -0.15) is 11.8 Å². The van der Waals surface area contributed by atoms with Crippen LogP contribution in [0.2, 0.25) is 0 Å². The summed E-state index contributed by atoms with van der Waals surface area (Å²) >= 11 is 1.64. The van der Waals surface area contributed by atoms with Crippen molar-refractivity contribution in [1.82, 2.24) is 10.2 Å². The highest BCUT2D eigenvalue weighted by molar-refractivity contribution is 7.99. The fourth-order valence-corrected chi connectivity index (χ4v) is 4.11. The average Bonchev–Trinajstić information content (AvgIpc) is 3.22. The summed E-state index contributed by atoms with van der Waals surface area (Å²) in [6.07, 6.45) is 2.86. The summed E-state index contributed by atoms with van der Waals surface area (Å²) in [6, 6.07) is 5.68. The van der Waals surface area contributed by atoms with Gasteiger partial charge >= 0.3 is 0 Å². The molecule has 2 aliphatic rings. The third-order valence-electron chi connectivity index (χ3n) is 4.61. The molecule has 5 nitrogen and oxygen atoms in total. The highest BCUT2D eigenvalue weighted by Crippen LogP contribution is 2.22. The molecule has 136 valence electrons. The Bertz CT molecular complexity index is 605. The molecule has 1 aromatic carbocycles. The van der Waals surface area contributed by atoms with Gasteiger partial charge in [-0.3, -0.25) is 9.59 Å². The van der Waals surface area contributed by atoms with Crippen LogP contribution in [0, 0.1) is 5.82 Å². The highest BCUT2D eigenvalue weighted by Gasteiger charge is 2.31. The molecule has 3 rings (SSSR count). The number of anilines is 1. The van der Waals surface area contributed by atoms with Crippen molar-refractivity contribution in [2.24, 2.45) is 0 Å². The van der Waals surface area contributed by atoms with Crippen molar-refractivity contribution in [3.8, 4) is 0 Å². The van der Waals surface area contributed by atoms with Gasteiger partial charge < -0.3 is 15.1 Å². The number of thioether (sulfide) groups is 1. The average molecular weight is 365 g/mol. The van der Waals surface area contributed by atoms with Gasteiger partial charge in [0.2, 0.25) is 11.8 Å². The molecule has 2 heterocycles. The summed E-state index contributed by atoms with van der Waals surface area (Å²) in [6.45, 7) is 3.83. The summed E-state index contributed by atoms with van der Waals surface area (Å²) < 4.78 is 13.0. The van der Waals surface area contributed by atoms with Gasteiger partial charge in [0.05, 0.1) is 11.8 Å². The smallest absolute Gasteiger partial charge is 0.230 e. The van der Waals surface area contributed by atoms with Crippen LogP contribution in [0.5, 0.6) is 0 Å². The number of hydrogen-bond acceptors (Lipinski definition) is 4. The van der Waals surface area contributed by atoms with Crippen LogP contribution in [-0.4, -0.2) is 60.4 Å². The van der Waals surface area contributed by atoms with Crippen LogP contribution >= 0.6 is 11.8 Å². The first-order valence-corrected chi connectivity index (χ1v) is 9.93. The molecule has 2 saturated heterocycles. The molecule has 1 atom stereocenters. The molecule has 25 heavy (non-hydrogen) atoms. The van der Waals surface area contributed by atoms with E-state index >= 15 is 0 Å². The van der Waals surface area contributed by atoms with Gasteiger partial charge in [0, 0.05) is 31.0 Å². The second-order valence-electron chi connectivity index (χ2n) is 6.55. The minimum absolute atomic E-state index is 0.0230. The number of benzene rings is 1. The zero-order valence-electron chi connectivity index (χ0n) is 14.2. The Kier molecular flexibility index (Phi) is 6.31. The van der Waals surface area contributed by atoms with Crippen molar-refractivity contribution in [2.45, 2.75) is 25.3 Å². The maximum absolute atomic E-state index is 13.0. The zero-order chi connectivity index (χ0) is 17.6. The third-order valence-corrected chi connectivity index (χ3v) is 5.55. The van der Waals surface area contributed by atoms with E-state index in [0.29, 0.717) is 24.4 Å².